The van der Waals surface area contributed by atoms with E-state index in [1.54, 1.807) is 72.8 Å². The Balaban J connectivity index is 1.86. The van der Waals surface area contributed by atoms with E-state index in [2.05, 4.69) is 10.6 Å². The maximum atomic E-state index is 12.9. The van der Waals surface area contributed by atoms with E-state index in [0.29, 0.717) is 40.5 Å². The Labute approximate surface area is 187 Å². The summed E-state index contributed by atoms with van der Waals surface area (Å²) in [6, 6.07) is 20.8. The average molecular weight is 434 g/mol. The van der Waals surface area contributed by atoms with Gasteiger partial charge in [-0.3, -0.25) is 9.59 Å². The summed E-state index contributed by atoms with van der Waals surface area (Å²) in [7, 11) is 3.07. The highest BCUT2D eigenvalue weighted by Gasteiger charge is 2.20. The molecular weight excluding hydrogens is 408 g/mol. The van der Waals surface area contributed by atoms with Gasteiger partial charge in [-0.1, -0.05) is 24.3 Å². The molecule has 0 saturated heterocycles. The minimum atomic E-state index is -0.775. The summed E-state index contributed by atoms with van der Waals surface area (Å²) in [5.41, 5.74) is 1.52. The van der Waals surface area contributed by atoms with Gasteiger partial charge in [-0.15, -0.1) is 0 Å². The van der Waals surface area contributed by atoms with E-state index in [-0.39, 0.29) is 11.8 Å². The highest BCUT2D eigenvalue weighted by molar-refractivity contribution is 5.97. The number of carbonyl (C=O) groups is 2. The van der Waals surface area contributed by atoms with Crippen LogP contribution in [-0.4, -0.2) is 32.6 Å². The molecule has 0 aromatic heterocycles. The van der Waals surface area contributed by atoms with Gasteiger partial charge in [0.2, 0.25) is 0 Å². The van der Waals surface area contributed by atoms with E-state index in [4.69, 9.17) is 14.2 Å². The van der Waals surface area contributed by atoms with Gasteiger partial charge in [0.25, 0.3) is 11.8 Å². The van der Waals surface area contributed by atoms with Gasteiger partial charge >= 0.3 is 0 Å². The fraction of sp³-hybridized carbons (Fsp3) is 0.200. The van der Waals surface area contributed by atoms with Gasteiger partial charge in [0, 0.05) is 11.1 Å². The molecule has 0 fully saturated rings. The molecule has 7 heteroatoms. The number of rotatable bonds is 9. The van der Waals surface area contributed by atoms with Crippen LogP contribution >= 0.6 is 0 Å². The number of hydrogen-bond donors (Lipinski definition) is 2. The lowest BCUT2D eigenvalue weighted by molar-refractivity contribution is 0.0883. The highest BCUT2D eigenvalue weighted by atomic mass is 16.5. The van der Waals surface area contributed by atoms with Crippen molar-refractivity contribution in [2.24, 2.45) is 0 Å². The van der Waals surface area contributed by atoms with Crippen LogP contribution < -0.4 is 24.8 Å². The molecule has 32 heavy (non-hydrogen) atoms. The molecule has 0 aliphatic rings. The number of hydrogen-bond acceptors (Lipinski definition) is 5. The molecule has 2 amide bonds. The largest absolute Gasteiger partial charge is 0.497 e. The maximum absolute atomic E-state index is 12.9. The number of ether oxygens (including phenoxy) is 3. The quantitative estimate of drug-likeness (QED) is 0.498. The average Bonchev–Trinajstić information content (AvgIpc) is 2.84. The number of benzene rings is 3. The SMILES string of the molecule is CCOc1ccc(C(NC(=O)c2cccc(OC)c2)NC(=O)c2cccc(OC)c2)cc1. The number of nitrogens with one attached hydrogen (secondary N) is 2. The lowest BCUT2D eigenvalue weighted by Crippen LogP contribution is -2.41. The first-order chi connectivity index (χ1) is 15.5. The Morgan fingerprint density at radius 2 is 1.25 bits per heavy atom. The van der Waals surface area contributed by atoms with Gasteiger partial charge in [0.1, 0.15) is 23.4 Å². The third-order valence-corrected chi connectivity index (χ3v) is 4.74. The van der Waals surface area contributed by atoms with Crippen molar-refractivity contribution in [2.75, 3.05) is 20.8 Å². The first kappa shape index (κ1) is 22.7. The van der Waals surface area contributed by atoms with Gasteiger partial charge in [0.15, 0.2) is 0 Å². The van der Waals surface area contributed by atoms with Crippen LogP contribution in [0.25, 0.3) is 0 Å². The first-order valence-corrected chi connectivity index (χ1v) is 10.2. The zero-order chi connectivity index (χ0) is 22.9. The predicted molar refractivity (Wildman–Crippen MR) is 121 cm³/mol. The topological polar surface area (TPSA) is 85.9 Å². The summed E-state index contributed by atoms with van der Waals surface area (Å²) in [6.45, 7) is 2.45. The summed E-state index contributed by atoms with van der Waals surface area (Å²) in [5.74, 6) is 1.13. The monoisotopic (exact) mass is 434 g/mol. The minimum absolute atomic E-state index is 0.353. The molecule has 0 bridgehead atoms. The summed E-state index contributed by atoms with van der Waals surface area (Å²) in [4.78, 5) is 25.8. The molecule has 3 aromatic carbocycles. The van der Waals surface area contributed by atoms with Crippen LogP contribution in [-0.2, 0) is 0 Å². The van der Waals surface area contributed by atoms with Crippen molar-refractivity contribution in [3.05, 3.63) is 89.5 Å². The molecule has 166 valence electrons. The summed E-state index contributed by atoms with van der Waals surface area (Å²) in [6.07, 6.45) is -0.775. The van der Waals surface area contributed by atoms with Crippen molar-refractivity contribution in [2.45, 2.75) is 13.1 Å². The van der Waals surface area contributed by atoms with Gasteiger partial charge in [-0.25, -0.2) is 0 Å². The van der Waals surface area contributed by atoms with E-state index >= 15 is 0 Å². The molecule has 0 atom stereocenters. The van der Waals surface area contributed by atoms with E-state index in [0.717, 1.165) is 0 Å². The third-order valence-electron chi connectivity index (χ3n) is 4.74. The molecule has 0 aliphatic heterocycles. The van der Waals surface area contributed by atoms with Gasteiger partial charge in [-0.05, 0) is 61.0 Å². The van der Waals surface area contributed by atoms with Crippen LogP contribution in [0.3, 0.4) is 0 Å². The van der Waals surface area contributed by atoms with Crippen molar-refractivity contribution in [1.29, 1.82) is 0 Å². The molecule has 0 radical (unpaired) electrons. The number of carbonyl (C=O) groups excluding carboxylic acids is 2. The zero-order valence-electron chi connectivity index (χ0n) is 18.3. The van der Waals surface area contributed by atoms with Crippen LogP contribution in [0.1, 0.15) is 39.4 Å². The Kier molecular flexibility index (Phi) is 7.70. The van der Waals surface area contributed by atoms with Crippen molar-refractivity contribution in [1.82, 2.24) is 10.6 Å². The van der Waals surface area contributed by atoms with Gasteiger partial charge in [-0.2, -0.15) is 0 Å². The summed E-state index contributed by atoms with van der Waals surface area (Å²) in [5, 5.41) is 5.77. The van der Waals surface area contributed by atoms with Crippen molar-refractivity contribution >= 4 is 11.8 Å². The van der Waals surface area contributed by atoms with Crippen LogP contribution in [0.2, 0.25) is 0 Å². The minimum Gasteiger partial charge on any atom is -0.497 e. The lowest BCUT2D eigenvalue weighted by Gasteiger charge is -2.21. The normalized spacial score (nSPS) is 10.4. The standard InChI is InChI=1S/C25H26N2O5/c1-4-32-20-13-11-17(12-14-20)23(26-24(28)18-7-5-9-21(15-18)30-2)27-25(29)19-8-6-10-22(16-19)31-3/h5-16,23H,4H2,1-3H3,(H,26,28)(H,27,29). The summed E-state index contributed by atoms with van der Waals surface area (Å²) >= 11 is 0. The second-order valence-electron chi connectivity index (χ2n) is 6.85. The predicted octanol–water partition coefficient (Wildman–Crippen LogP) is 3.96. The Hall–Kier alpha value is -4.00. The molecule has 0 aliphatic carbocycles. The molecule has 0 saturated carbocycles. The lowest BCUT2D eigenvalue weighted by atomic mass is 10.1. The third kappa shape index (κ3) is 5.78. The van der Waals surface area contributed by atoms with E-state index in [1.807, 2.05) is 6.92 Å². The van der Waals surface area contributed by atoms with E-state index in [1.165, 1.54) is 14.2 Å². The fourth-order valence-electron chi connectivity index (χ4n) is 3.08. The molecule has 0 spiro atoms. The molecule has 3 rings (SSSR count). The van der Waals surface area contributed by atoms with Gasteiger partial charge in [0.05, 0.1) is 20.8 Å². The number of amides is 2. The van der Waals surface area contributed by atoms with Crippen LogP contribution in [0.5, 0.6) is 17.2 Å². The first-order valence-electron chi connectivity index (χ1n) is 10.2. The van der Waals surface area contributed by atoms with Gasteiger partial charge < -0.3 is 24.8 Å². The smallest absolute Gasteiger partial charge is 0.253 e. The maximum Gasteiger partial charge on any atom is 0.253 e. The fourth-order valence-corrected chi connectivity index (χ4v) is 3.08. The Morgan fingerprint density at radius 1 is 0.750 bits per heavy atom. The van der Waals surface area contributed by atoms with Crippen molar-refractivity contribution in [3.8, 4) is 17.2 Å². The molecule has 3 aromatic rings. The number of methoxy groups -OCH3 is 2. The van der Waals surface area contributed by atoms with Crippen molar-refractivity contribution < 1.29 is 23.8 Å². The van der Waals surface area contributed by atoms with Crippen LogP contribution in [0.4, 0.5) is 0 Å². The van der Waals surface area contributed by atoms with E-state index in [9.17, 15) is 9.59 Å². The van der Waals surface area contributed by atoms with Crippen molar-refractivity contribution in [3.63, 3.8) is 0 Å². The zero-order valence-corrected chi connectivity index (χ0v) is 18.3. The van der Waals surface area contributed by atoms with Crippen LogP contribution in [0.15, 0.2) is 72.8 Å². The van der Waals surface area contributed by atoms with Crippen LogP contribution in [0, 0.1) is 0 Å². The Morgan fingerprint density at radius 3 is 1.69 bits per heavy atom. The van der Waals surface area contributed by atoms with E-state index < -0.39 is 6.17 Å². The molecule has 7 nitrogen and oxygen atoms in total. The molecule has 0 heterocycles. The molecule has 0 unspecified atom stereocenters. The second-order valence-corrected chi connectivity index (χ2v) is 6.85. The second kappa shape index (κ2) is 10.9. The Bertz CT molecular complexity index is 1000. The molecule has 2 N–H and O–H groups in total. The highest BCUT2D eigenvalue weighted by Crippen LogP contribution is 2.20. The molecular formula is C25H26N2O5. The summed E-state index contributed by atoms with van der Waals surface area (Å²) < 4.78 is 15.9.